The molecule has 1 heterocycles. The lowest BCUT2D eigenvalue weighted by atomic mass is 10.1. The molecule has 4 nitrogen and oxygen atoms in total. The highest BCUT2D eigenvalue weighted by Gasteiger charge is 2.14. The van der Waals surface area contributed by atoms with Crippen molar-refractivity contribution in [3.8, 4) is 0 Å². The summed E-state index contributed by atoms with van der Waals surface area (Å²) in [6.45, 7) is 4.35. The molecule has 0 aliphatic heterocycles. The molecular weight excluding hydrogens is 342 g/mol. The molecule has 0 atom stereocenters. The van der Waals surface area contributed by atoms with Crippen LogP contribution in [-0.4, -0.2) is 15.7 Å². The van der Waals surface area contributed by atoms with E-state index in [9.17, 15) is 4.79 Å². The Morgan fingerprint density at radius 1 is 1.45 bits per heavy atom. The van der Waals surface area contributed by atoms with Crippen molar-refractivity contribution in [3.63, 3.8) is 0 Å². The van der Waals surface area contributed by atoms with E-state index in [4.69, 9.17) is 11.6 Å². The molecule has 0 aliphatic rings. The topological polar surface area (TPSA) is 46.9 Å². The van der Waals surface area contributed by atoms with E-state index in [2.05, 4.69) is 26.3 Å². The van der Waals surface area contributed by atoms with Gasteiger partial charge in [-0.1, -0.05) is 17.7 Å². The number of amides is 1. The summed E-state index contributed by atoms with van der Waals surface area (Å²) in [4.78, 5) is 12.2. The van der Waals surface area contributed by atoms with Gasteiger partial charge in [0.05, 0.1) is 16.3 Å². The number of aryl methyl sites for hydroxylation is 2. The number of aromatic nitrogens is 2. The molecule has 1 aromatic carbocycles. The first-order valence-electron chi connectivity index (χ1n) is 6.13. The normalized spacial score (nSPS) is 10.7. The Morgan fingerprint density at radius 2 is 2.15 bits per heavy atom. The van der Waals surface area contributed by atoms with Crippen LogP contribution < -0.4 is 5.32 Å². The van der Waals surface area contributed by atoms with Crippen molar-refractivity contribution in [2.75, 3.05) is 0 Å². The second kappa shape index (κ2) is 5.97. The van der Waals surface area contributed by atoms with Gasteiger partial charge >= 0.3 is 0 Å². The van der Waals surface area contributed by atoms with Gasteiger partial charge in [-0.2, -0.15) is 5.10 Å². The van der Waals surface area contributed by atoms with Crippen LogP contribution in [0.3, 0.4) is 0 Å². The minimum absolute atomic E-state index is 0.195. The number of hydrogen-bond donors (Lipinski definition) is 1. The third-order valence-electron chi connectivity index (χ3n) is 3.28. The van der Waals surface area contributed by atoms with Crippen LogP contribution in [0.2, 0.25) is 5.02 Å². The van der Waals surface area contributed by atoms with Crippen LogP contribution in [0.25, 0.3) is 0 Å². The molecule has 1 aromatic heterocycles. The number of carbonyl (C=O) groups is 1. The van der Waals surface area contributed by atoms with E-state index in [1.54, 1.807) is 18.2 Å². The minimum Gasteiger partial charge on any atom is -0.348 e. The summed E-state index contributed by atoms with van der Waals surface area (Å²) in [5, 5.41) is 7.63. The lowest BCUT2D eigenvalue weighted by Crippen LogP contribution is -2.23. The predicted molar refractivity (Wildman–Crippen MR) is 83.0 cm³/mol. The second-order valence-corrected chi connectivity index (χ2v) is 5.79. The zero-order valence-corrected chi connectivity index (χ0v) is 13.8. The van der Waals surface area contributed by atoms with Crippen LogP contribution in [0.15, 0.2) is 22.7 Å². The molecule has 106 valence electrons. The van der Waals surface area contributed by atoms with E-state index >= 15 is 0 Å². The van der Waals surface area contributed by atoms with Gasteiger partial charge in [0.25, 0.3) is 5.91 Å². The summed E-state index contributed by atoms with van der Waals surface area (Å²) in [6.07, 6.45) is 0. The lowest BCUT2D eigenvalue weighted by molar-refractivity contribution is 0.0951. The van der Waals surface area contributed by atoms with Gasteiger partial charge in [0.1, 0.15) is 0 Å². The Kier molecular flexibility index (Phi) is 4.50. The molecular formula is C14H15BrClN3O. The molecule has 0 fully saturated rings. The van der Waals surface area contributed by atoms with Gasteiger partial charge in [0.15, 0.2) is 0 Å². The number of benzene rings is 1. The number of nitrogens with zero attached hydrogens (tertiary/aromatic N) is 2. The molecule has 0 spiro atoms. The Bertz CT molecular complexity index is 667. The number of carbonyl (C=O) groups excluding carboxylic acids is 1. The number of rotatable bonds is 3. The van der Waals surface area contributed by atoms with Crippen molar-refractivity contribution >= 4 is 33.4 Å². The fourth-order valence-corrected chi connectivity index (χ4v) is 2.59. The van der Waals surface area contributed by atoms with Crippen LogP contribution in [0.1, 0.15) is 27.3 Å². The zero-order chi connectivity index (χ0) is 14.9. The van der Waals surface area contributed by atoms with Gasteiger partial charge in [-0.05, 0) is 41.9 Å². The largest absolute Gasteiger partial charge is 0.348 e. The first-order valence-corrected chi connectivity index (χ1v) is 7.30. The standard InChI is InChI=1S/C14H15BrClN3O/c1-8-11(9(2)19(3)18-8)7-17-14(20)10-5-4-6-12(15)13(10)16/h4-6H,7H2,1-3H3,(H,17,20). The van der Waals surface area contributed by atoms with Crippen molar-refractivity contribution in [1.82, 2.24) is 15.1 Å². The summed E-state index contributed by atoms with van der Waals surface area (Å²) in [7, 11) is 1.89. The Balaban J connectivity index is 2.15. The molecule has 0 radical (unpaired) electrons. The maximum absolute atomic E-state index is 12.2. The average molecular weight is 357 g/mol. The summed E-state index contributed by atoms with van der Waals surface area (Å²) in [5.74, 6) is -0.195. The van der Waals surface area contributed by atoms with Gasteiger partial charge in [-0.25, -0.2) is 0 Å². The molecule has 1 N–H and O–H groups in total. The van der Waals surface area contributed by atoms with Gasteiger partial charge in [-0.15, -0.1) is 0 Å². The molecule has 0 unspecified atom stereocenters. The highest BCUT2D eigenvalue weighted by atomic mass is 79.9. The van der Waals surface area contributed by atoms with Crippen LogP contribution in [0, 0.1) is 13.8 Å². The summed E-state index contributed by atoms with van der Waals surface area (Å²) >= 11 is 9.42. The summed E-state index contributed by atoms with van der Waals surface area (Å²) in [6, 6.07) is 5.28. The fourth-order valence-electron chi connectivity index (χ4n) is 2.02. The number of hydrogen-bond acceptors (Lipinski definition) is 2. The molecule has 1 amide bonds. The molecule has 0 bridgehead atoms. The van der Waals surface area contributed by atoms with E-state index in [0.29, 0.717) is 21.6 Å². The van der Waals surface area contributed by atoms with E-state index < -0.39 is 0 Å². The van der Waals surface area contributed by atoms with Crippen LogP contribution >= 0.6 is 27.5 Å². The lowest BCUT2D eigenvalue weighted by Gasteiger charge is -2.08. The smallest absolute Gasteiger partial charge is 0.253 e. The highest BCUT2D eigenvalue weighted by molar-refractivity contribution is 9.10. The van der Waals surface area contributed by atoms with Gasteiger partial charge in [0.2, 0.25) is 0 Å². The van der Waals surface area contributed by atoms with Crippen molar-refractivity contribution < 1.29 is 4.79 Å². The predicted octanol–water partition coefficient (Wildman–Crippen LogP) is 3.38. The van der Waals surface area contributed by atoms with Crippen molar-refractivity contribution in [2.45, 2.75) is 20.4 Å². The summed E-state index contributed by atoms with van der Waals surface area (Å²) < 4.78 is 2.52. The van der Waals surface area contributed by atoms with Crippen molar-refractivity contribution in [2.24, 2.45) is 7.05 Å². The molecule has 6 heteroatoms. The van der Waals surface area contributed by atoms with E-state index in [1.807, 2.05) is 25.6 Å². The zero-order valence-electron chi connectivity index (χ0n) is 11.5. The Labute approximate surface area is 131 Å². The van der Waals surface area contributed by atoms with Crippen molar-refractivity contribution in [1.29, 1.82) is 0 Å². The third kappa shape index (κ3) is 2.88. The maximum atomic E-state index is 12.2. The van der Waals surface area contributed by atoms with Gasteiger partial charge in [0, 0.05) is 29.3 Å². The average Bonchev–Trinajstić information content (AvgIpc) is 2.64. The van der Waals surface area contributed by atoms with Gasteiger partial charge < -0.3 is 5.32 Å². The first kappa shape index (κ1) is 15.1. The van der Waals surface area contributed by atoms with Gasteiger partial charge in [-0.3, -0.25) is 9.48 Å². The fraction of sp³-hybridized carbons (Fsp3) is 0.286. The quantitative estimate of drug-likeness (QED) is 0.916. The van der Waals surface area contributed by atoms with E-state index in [0.717, 1.165) is 17.0 Å². The van der Waals surface area contributed by atoms with E-state index in [1.165, 1.54) is 0 Å². The SMILES string of the molecule is Cc1nn(C)c(C)c1CNC(=O)c1cccc(Br)c1Cl. The Morgan fingerprint density at radius 3 is 2.75 bits per heavy atom. The molecule has 2 rings (SSSR count). The summed E-state index contributed by atoms with van der Waals surface area (Å²) in [5.41, 5.74) is 3.46. The first-order chi connectivity index (χ1) is 9.41. The monoisotopic (exact) mass is 355 g/mol. The number of halogens is 2. The number of nitrogens with one attached hydrogen (secondary N) is 1. The van der Waals surface area contributed by atoms with Crippen LogP contribution in [-0.2, 0) is 13.6 Å². The molecule has 0 aliphatic carbocycles. The minimum atomic E-state index is -0.195. The molecule has 0 saturated heterocycles. The third-order valence-corrected chi connectivity index (χ3v) is 4.58. The molecule has 20 heavy (non-hydrogen) atoms. The second-order valence-electron chi connectivity index (χ2n) is 4.56. The molecule has 0 saturated carbocycles. The molecule has 2 aromatic rings. The van der Waals surface area contributed by atoms with Crippen LogP contribution in [0.5, 0.6) is 0 Å². The van der Waals surface area contributed by atoms with E-state index in [-0.39, 0.29) is 5.91 Å². The maximum Gasteiger partial charge on any atom is 0.253 e. The van der Waals surface area contributed by atoms with Crippen molar-refractivity contribution in [3.05, 3.63) is 50.2 Å². The van der Waals surface area contributed by atoms with Crippen LogP contribution in [0.4, 0.5) is 0 Å². The Hall–Kier alpha value is -1.33. The highest BCUT2D eigenvalue weighted by Crippen LogP contribution is 2.26.